The molecule has 2 rings (SSSR count). The normalized spacial score (nSPS) is 12.8. The summed E-state index contributed by atoms with van der Waals surface area (Å²) in [5.74, 6) is 0.722. The van der Waals surface area contributed by atoms with Crippen molar-refractivity contribution in [1.82, 2.24) is 15.4 Å². The summed E-state index contributed by atoms with van der Waals surface area (Å²) >= 11 is 1.76. The molecule has 0 fully saturated rings. The van der Waals surface area contributed by atoms with Crippen molar-refractivity contribution in [3.8, 4) is 0 Å². The molecule has 0 aliphatic heterocycles. The lowest BCUT2D eigenvalue weighted by Crippen LogP contribution is -2.42. The molecule has 3 N–H and O–H groups in total. The first-order valence-electron chi connectivity index (χ1n) is 8.73. The van der Waals surface area contributed by atoms with Crippen LogP contribution in [0.1, 0.15) is 29.9 Å². The molecule has 1 aromatic heterocycles. The Kier molecular flexibility index (Phi) is 7.41. The predicted octanol–water partition coefficient (Wildman–Crippen LogP) is 2.44. The highest BCUT2D eigenvalue weighted by molar-refractivity contribution is 7.88. The fourth-order valence-corrected chi connectivity index (χ4v) is 4.13. The van der Waals surface area contributed by atoms with Gasteiger partial charge >= 0.3 is 0 Å². The number of sulfonamides is 1. The van der Waals surface area contributed by atoms with E-state index in [1.54, 1.807) is 18.4 Å². The Bertz CT molecular complexity index is 842. The van der Waals surface area contributed by atoms with E-state index in [1.807, 2.05) is 24.3 Å². The monoisotopic (exact) mass is 408 g/mol. The van der Waals surface area contributed by atoms with E-state index in [1.165, 1.54) is 11.9 Å². The van der Waals surface area contributed by atoms with Crippen molar-refractivity contribution in [3.63, 3.8) is 0 Å². The molecule has 0 saturated carbocycles. The van der Waals surface area contributed by atoms with E-state index in [9.17, 15) is 8.42 Å². The number of guanidine groups is 1. The van der Waals surface area contributed by atoms with Crippen molar-refractivity contribution in [1.29, 1.82) is 0 Å². The quantitative estimate of drug-likeness (QED) is 0.463. The summed E-state index contributed by atoms with van der Waals surface area (Å²) in [6, 6.07) is 11.7. The minimum absolute atomic E-state index is 0.0156. The molecule has 0 saturated heterocycles. The zero-order valence-corrected chi connectivity index (χ0v) is 17.9. The van der Waals surface area contributed by atoms with E-state index < -0.39 is 10.0 Å². The largest absolute Gasteiger partial charge is 0.356 e. The van der Waals surface area contributed by atoms with Crippen molar-refractivity contribution >= 4 is 27.3 Å². The van der Waals surface area contributed by atoms with E-state index in [0.29, 0.717) is 6.54 Å². The van der Waals surface area contributed by atoms with E-state index in [0.717, 1.165) is 23.6 Å². The highest BCUT2D eigenvalue weighted by Crippen LogP contribution is 2.26. The second-order valence-electron chi connectivity index (χ2n) is 6.92. The fourth-order valence-electron chi connectivity index (χ4n) is 2.51. The van der Waals surface area contributed by atoms with E-state index in [-0.39, 0.29) is 11.2 Å². The lowest BCUT2D eigenvalue weighted by atomic mass is 9.91. The van der Waals surface area contributed by atoms with Gasteiger partial charge in [0.05, 0.1) is 5.75 Å². The number of benzene rings is 1. The number of thiophene rings is 1. The minimum atomic E-state index is -3.25. The third-order valence-corrected chi connectivity index (χ3v) is 6.83. The molecule has 148 valence electrons. The maximum atomic E-state index is 11.6. The number of rotatable bonds is 8. The van der Waals surface area contributed by atoms with Gasteiger partial charge in [0.1, 0.15) is 0 Å². The zero-order valence-electron chi connectivity index (χ0n) is 16.2. The molecule has 0 spiro atoms. The number of nitrogens with zero attached hydrogens (tertiary/aromatic N) is 1. The van der Waals surface area contributed by atoms with Crippen LogP contribution in [0, 0.1) is 0 Å². The molecule has 1 aromatic carbocycles. The van der Waals surface area contributed by atoms with Gasteiger partial charge < -0.3 is 10.6 Å². The Labute approximate surface area is 166 Å². The Morgan fingerprint density at radius 2 is 1.78 bits per heavy atom. The summed E-state index contributed by atoms with van der Waals surface area (Å²) < 4.78 is 25.5. The van der Waals surface area contributed by atoms with Crippen LogP contribution in [0.3, 0.4) is 0 Å². The molecule has 0 aliphatic carbocycles. The van der Waals surface area contributed by atoms with Crippen molar-refractivity contribution in [3.05, 3.63) is 57.8 Å². The third kappa shape index (κ3) is 6.64. The molecule has 2 aromatic rings. The summed E-state index contributed by atoms with van der Waals surface area (Å²) in [7, 11) is -0.0773. The van der Waals surface area contributed by atoms with Crippen LogP contribution in [0.4, 0.5) is 0 Å². The molecule has 0 unspecified atom stereocenters. The van der Waals surface area contributed by atoms with Gasteiger partial charge in [0.25, 0.3) is 0 Å². The van der Waals surface area contributed by atoms with Gasteiger partial charge in [-0.3, -0.25) is 4.99 Å². The molecule has 0 aliphatic rings. The molecule has 0 bridgehead atoms. The van der Waals surface area contributed by atoms with Crippen LogP contribution >= 0.6 is 11.3 Å². The number of nitrogens with one attached hydrogen (secondary N) is 3. The molecule has 0 radical (unpaired) electrons. The van der Waals surface area contributed by atoms with Gasteiger partial charge in [-0.15, -0.1) is 11.3 Å². The average molecular weight is 409 g/mol. The Balaban J connectivity index is 1.87. The molecule has 0 atom stereocenters. The molecule has 1 heterocycles. The minimum Gasteiger partial charge on any atom is -0.356 e. The SMILES string of the molecule is CN=C(NCc1ccc(CS(=O)(=O)NC)cc1)NCC(C)(C)c1cccs1. The second-order valence-corrected chi connectivity index (χ2v) is 9.79. The lowest BCUT2D eigenvalue weighted by Gasteiger charge is -2.25. The molecular formula is C19H28N4O2S2. The first-order chi connectivity index (χ1) is 12.8. The summed E-state index contributed by atoms with van der Waals surface area (Å²) in [6.45, 7) is 5.79. The maximum Gasteiger partial charge on any atom is 0.215 e. The van der Waals surface area contributed by atoms with Crippen LogP contribution < -0.4 is 15.4 Å². The van der Waals surface area contributed by atoms with Crippen molar-refractivity contribution in [2.75, 3.05) is 20.6 Å². The summed E-state index contributed by atoms with van der Waals surface area (Å²) in [6.07, 6.45) is 0. The first kappa shape index (κ1) is 21.4. The zero-order chi connectivity index (χ0) is 19.9. The molecule has 27 heavy (non-hydrogen) atoms. The van der Waals surface area contributed by atoms with Gasteiger partial charge in [0.15, 0.2) is 5.96 Å². The Morgan fingerprint density at radius 3 is 2.33 bits per heavy atom. The smallest absolute Gasteiger partial charge is 0.215 e. The highest BCUT2D eigenvalue weighted by atomic mass is 32.2. The number of hydrogen-bond donors (Lipinski definition) is 3. The van der Waals surface area contributed by atoms with Gasteiger partial charge in [0.2, 0.25) is 10.0 Å². The van der Waals surface area contributed by atoms with Crippen LogP contribution in [-0.2, 0) is 27.7 Å². The van der Waals surface area contributed by atoms with Crippen molar-refractivity contribution in [2.24, 2.45) is 4.99 Å². The molecule has 8 heteroatoms. The van der Waals surface area contributed by atoms with E-state index in [2.05, 4.69) is 51.7 Å². The number of hydrogen-bond acceptors (Lipinski definition) is 4. The highest BCUT2D eigenvalue weighted by Gasteiger charge is 2.21. The topological polar surface area (TPSA) is 82.6 Å². The van der Waals surface area contributed by atoms with Gasteiger partial charge in [-0.25, -0.2) is 13.1 Å². The summed E-state index contributed by atoms with van der Waals surface area (Å²) in [4.78, 5) is 5.61. The van der Waals surface area contributed by atoms with Crippen LogP contribution in [0.2, 0.25) is 0 Å². The third-order valence-electron chi connectivity index (χ3n) is 4.26. The number of aliphatic imine (C=N–C) groups is 1. The molecule has 0 amide bonds. The van der Waals surface area contributed by atoms with Gasteiger partial charge in [-0.2, -0.15) is 0 Å². The average Bonchev–Trinajstić information content (AvgIpc) is 3.18. The summed E-state index contributed by atoms with van der Waals surface area (Å²) in [5.41, 5.74) is 1.83. The molecular weight excluding hydrogens is 380 g/mol. The van der Waals surface area contributed by atoms with Gasteiger partial charge in [-0.05, 0) is 29.6 Å². The second kappa shape index (κ2) is 9.34. The standard InChI is InChI=1S/C19H28N4O2S2/c1-19(2,17-6-5-11-26-17)14-23-18(20-3)22-12-15-7-9-16(10-8-15)13-27(24,25)21-4/h5-11,21H,12-14H2,1-4H3,(H2,20,22,23). The van der Waals surface area contributed by atoms with E-state index >= 15 is 0 Å². The van der Waals surface area contributed by atoms with Crippen molar-refractivity contribution < 1.29 is 8.42 Å². The Hall–Kier alpha value is -1.90. The fraction of sp³-hybridized carbons (Fsp3) is 0.421. The Morgan fingerprint density at radius 1 is 1.11 bits per heavy atom. The van der Waals surface area contributed by atoms with Crippen LogP contribution in [0.25, 0.3) is 0 Å². The van der Waals surface area contributed by atoms with Crippen LogP contribution in [-0.4, -0.2) is 35.0 Å². The lowest BCUT2D eigenvalue weighted by molar-refractivity contribution is 0.518. The van der Waals surface area contributed by atoms with E-state index in [4.69, 9.17) is 0 Å². The van der Waals surface area contributed by atoms with Crippen molar-refractivity contribution in [2.45, 2.75) is 31.6 Å². The van der Waals surface area contributed by atoms with Gasteiger partial charge in [0, 0.05) is 30.4 Å². The predicted molar refractivity (Wildman–Crippen MR) is 114 cm³/mol. The first-order valence-corrected chi connectivity index (χ1v) is 11.3. The maximum absolute atomic E-state index is 11.6. The van der Waals surface area contributed by atoms with Crippen LogP contribution in [0.5, 0.6) is 0 Å². The molecule has 6 nitrogen and oxygen atoms in total. The van der Waals surface area contributed by atoms with Crippen LogP contribution in [0.15, 0.2) is 46.8 Å². The van der Waals surface area contributed by atoms with Gasteiger partial charge in [-0.1, -0.05) is 44.2 Å². The summed E-state index contributed by atoms with van der Waals surface area (Å²) in [5, 5.41) is 8.76.